The van der Waals surface area contributed by atoms with Crippen LogP contribution in [0.5, 0.6) is 0 Å². The van der Waals surface area contributed by atoms with Crippen molar-refractivity contribution in [1.82, 2.24) is 34.3 Å². The number of nitrogens with one attached hydrogen (secondary N) is 2. The van der Waals surface area contributed by atoms with Crippen LogP contribution in [0.4, 0.5) is 23.1 Å². The number of hydrogen-bond acceptors (Lipinski definition) is 9. The predicted octanol–water partition coefficient (Wildman–Crippen LogP) is 3.17. The van der Waals surface area contributed by atoms with Crippen LogP contribution in [-0.4, -0.2) is 45.9 Å². The van der Waals surface area contributed by atoms with Crippen LogP contribution < -0.4 is 16.4 Å². The molecule has 0 saturated heterocycles. The molecule has 5 aromatic rings. The van der Waals surface area contributed by atoms with Gasteiger partial charge in [0.15, 0.2) is 5.82 Å². The molecule has 0 bridgehead atoms. The fourth-order valence-electron chi connectivity index (χ4n) is 5.26. The van der Waals surface area contributed by atoms with Gasteiger partial charge in [0.05, 0.1) is 29.7 Å². The molecular formula is C26H26N10O. The summed E-state index contributed by atoms with van der Waals surface area (Å²) < 4.78 is 4.16. The lowest BCUT2D eigenvalue weighted by Crippen LogP contribution is -2.19. The molecule has 5 aromatic heterocycles. The number of anilines is 4. The van der Waals surface area contributed by atoms with Gasteiger partial charge in [-0.1, -0.05) is 0 Å². The van der Waals surface area contributed by atoms with Crippen LogP contribution >= 0.6 is 0 Å². The molecule has 7 heterocycles. The van der Waals surface area contributed by atoms with Crippen molar-refractivity contribution in [2.45, 2.75) is 39.0 Å². The topological polar surface area (TPSA) is 145 Å². The van der Waals surface area contributed by atoms with E-state index in [1.165, 1.54) is 0 Å². The standard InChI is InChI=1S/C26H26N10O/c1-14-17(11-31-25-20(37)2-4-29-24(14)25)19-8-15-9-21(30-12-18(15)26(27)32-19)33-22-10-16-3-6-35-7-5-28-23(35)13-36(16)34-22/h5,7-12,20,29,37H,2-4,6,13H2,1H3,(H2,27,32)(H,30,33,34)/t20-/m0/s1. The lowest BCUT2D eigenvalue weighted by Gasteiger charge is -2.24. The van der Waals surface area contributed by atoms with Gasteiger partial charge in [0.1, 0.15) is 17.5 Å². The Hall–Kier alpha value is -4.51. The minimum Gasteiger partial charge on any atom is -0.387 e. The van der Waals surface area contributed by atoms with Crippen LogP contribution in [-0.2, 0) is 19.5 Å². The van der Waals surface area contributed by atoms with Crippen molar-refractivity contribution < 1.29 is 5.11 Å². The van der Waals surface area contributed by atoms with Crippen molar-refractivity contribution in [1.29, 1.82) is 0 Å². The fourth-order valence-corrected chi connectivity index (χ4v) is 5.26. The van der Waals surface area contributed by atoms with Gasteiger partial charge in [-0.2, -0.15) is 5.10 Å². The van der Waals surface area contributed by atoms with Crippen LogP contribution in [0.1, 0.15) is 35.3 Å². The van der Waals surface area contributed by atoms with Gasteiger partial charge >= 0.3 is 0 Å². The van der Waals surface area contributed by atoms with E-state index in [9.17, 15) is 5.11 Å². The second kappa shape index (κ2) is 8.27. The van der Waals surface area contributed by atoms with Gasteiger partial charge in [0, 0.05) is 67.0 Å². The first-order chi connectivity index (χ1) is 18.0. The normalized spacial score (nSPS) is 16.4. The highest BCUT2D eigenvalue weighted by molar-refractivity contribution is 5.95. The Morgan fingerprint density at radius 1 is 1.14 bits per heavy atom. The van der Waals surface area contributed by atoms with Crippen LogP contribution in [0.2, 0.25) is 0 Å². The largest absolute Gasteiger partial charge is 0.387 e. The lowest BCUT2D eigenvalue weighted by molar-refractivity contribution is 0.163. The van der Waals surface area contributed by atoms with E-state index in [0.29, 0.717) is 36.8 Å². The number of hydrogen-bond donors (Lipinski definition) is 4. The van der Waals surface area contributed by atoms with Crippen molar-refractivity contribution in [2.24, 2.45) is 0 Å². The SMILES string of the molecule is Cc1c(-c2cc3cc(Nc4cc5n(n4)Cc4nccn4CC5)ncc3c(N)n2)cnc2c1NCC[C@@H]2O. The van der Waals surface area contributed by atoms with Gasteiger partial charge in [0.2, 0.25) is 0 Å². The first-order valence-electron chi connectivity index (χ1n) is 12.4. The Balaban J connectivity index is 1.22. The van der Waals surface area contributed by atoms with Gasteiger partial charge in [-0.15, -0.1) is 0 Å². The van der Waals surface area contributed by atoms with E-state index in [0.717, 1.165) is 63.6 Å². The summed E-state index contributed by atoms with van der Waals surface area (Å²) in [6.07, 6.45) is 8.31. The predicted molar refractivity (Wildman–Crippen MR) is 141 cm³/mol. The highest BCUT2D eigenvalue weighted by Crippen LogP contribution is 2.37. The molecule has 11 nitrogen and oxygen atoms in total. The number of fused-ring (bicyclic) bond motifs is 4. The number of nitrogens with zero attached hydrogens (tertiary/aromatic N) is 7. The van der Waals surface area contributed by atoms with E-state index >= 15 is 0 Å². The van der Waals surface area contributed by atoms with Gasteiger partial charge in [-0.3, -0.25) is 9.67 Å². The molecule has 1 atom stereocenters. The molecule has 11 heteroatoms. The van der Waals surface area contributed by atoms with Gasteiger partial charge in [-0.05, 0) is 36.4 Å². The second-order valence-electron chi connectivity index (χ2n) is 9.56. The quantitative estimate of drug-likeness (QED) is 0.297. The zero-order valence-electron chi connectivity index (χ0n) is 20.3. The summed E-state index contributed by atoms with van der Waals surface area (Å²) in [6.45, 7) is 4.24. The monoisotopic (exact) mass is 494 g/mol. The van der Waals surface area contributed by atoms with E-state index in [2.05, 4.69) is 41.2 Å². The number of aryl methyl sites for hydroxylation is 2. The Kier molecular flexibility index (Phi) is 4.86. The van der Waals surface area contributed by atoms with E-state index in [-0.39, 0.29) is 0 Å². The first kappa shape index (κ1) is 21.7. The third-order valence-corrected chi connectivity index (χ3v) is 7.25. The number of aliphatic hydroxyl groups is 1. The summed E-state index contributed by atoms with van der Waals surface area (Å²) >= 11 is 0. The molecule has 0 fully saturated rings. The van der Waals surface area contributed by atoms with E-state index in [1.54, 1.807) is 12.4 Å². The average Bonchev–Trinajstić information content (AvgIpc) is 3.46. The van der Waals surface area contributed by atoms with Crippen molar-refractivity contribution in [3.05, 3.63) is 65.8 Å². The van der Waals surface area contributed by atoms with Crippen LogP contribution in [0.25, 0.3) is 22.0 Å². The number of nitrogen functional groups attached to an aromatic ring is 1. The van der Waals surface area contributed by atoms with Crippen molar-refractivity contribution >= 4 is 33.9 Å². The van der Waals surface area contributed by atoms with Crippen molar-refractivity contribution in [3.8, 4) is 11.3 Å². The third-order valence-electron chi connectivity index (χ3n) is 7.25. The molecule has 0 aliphatic carbocycles. The zero-order chi connectivity index (χ0) is 25.1. The molecule has 2 aliphatic rings. The number of aromatic nitrogens is 7. The molecule has 0 amide bonds. The minimum absolute atomic E-state index is 0.404. The fraction of sp³-hybridized carbons (Fsp3) is 0.269. The first-order valence-corrected chi connectivity index (χ1v) is 12.4. The summed E-state index contributed by atoms with van der Waals surface area (Å²) in [4.78, 5) is 18.2. The highest BCUT2D eigenvalue weighted by Gasteiger charge is 2.23. The summed E-state index contributed by atoms with van der Waals surface area (Å²) in [5.74, 6) is 2.82. The smallest absolute Gasteiger partial charge is 0.153 e. The summed E-state index contributed by atoms with van der Waals surface area (Å²) in [7, 11) is 0. The number of rotatable bonds is 3. The average molecular weight is 495 g/mol. The van der Waals surface area contributed by atoms with Gasteiger partial charge in [-0.25, -0.2) is 15.0 Å². The molecule has 0 radical (unpaired) electrons. The molecule has 0 spiro atoms. The van der Waals surface area contributed by atoms with Gasteiger partial charge < -0.3 is 26.0 Å². The Morgan fingerprint density at radius 3 is 2.97 bits per heavy atom. The second-order valence-corrected chi connectivity index (χ2v) is 9.56. The molecular weight excluding hydrogens is 468 g/mol. The Bertz CT molecular complexity index is 1670. The minimum atomic E-state index is -0.557. The molecule has 7 rings (SSSR count). The lowest BCUT2D eigenvalue weighted by atomic mass is 9.98. The van der Waals surface area contributed by atoms with E-state index in [4.69, 9.17) is 10.8 Å². The number of aliphatic hydroxyl groups excluding tert-OH is 1. The highest BCUT2D eigenvalue weighted by atomic mass is 16.3. The van der Waals surface area contributed by atoms with Crippen molar-refractivity contribution in [3.63, 3.8) is 0 Å². The van der Waals surface area contributed by atoms with Gasteiger partial charge in [0.25, 0.3) is 0 Å². The molecule has 5 N–H and O–H groups in total. The molecule has 2 aliphatic heterocycles. The Morgan fingerprint density at radius 2 is 2.05 bits per heavy atom. The van der Waals surface area contributed by atoms with Crippen molar-refractivity contribution in [2.75, 3.05) is 22.9 Å². The molecule has 0 saturated carbocycles. The molecule has 186 valence electrons. The number of nitrogens with two attached hydrogens (primary N) is 1. The van der Waals surface area contributed by atoms with Crippen LogP contribution in [0, 0.1) is 6.92 Å². The maximum atomic E-state index is 10.3. The molecule has 0 aromatic carbocycles. The number of imidazole rings is 1. The molecule has 0 unspecified atom stereocenters. The van der Waals surface area contributed by atoms with Crippen LogP contribution in [0.3, 0.4) is 0 Å². The zero-order valence-corrected chi connectivity index (χ0v) is 20.3. The van der Waals surface area contributed by atoms with E-state index in [1.807, 2.05) is 36.1 Å². The molecule has 37 heavy (non-hydrogen) atoms. The Labute approximate surface area is 212 Å². The summed E-state index contributed by atoms with van der Waals surface area (Å²) in [5.41, 5.74) is 11.6. The summed E-state index contributed by atoms with van der Waals surface area (Å²) in [6, 6.07) is 6.02. The maximum Gasteiger partial charge on any atom is 0.153 e. The third kappa shape index (κ3) is 3.66. The summed E-state index contributed by atoms with van der Waals surface area (Å²) in [5, 5.41) is 23.5. The van der Waals surface area contributed by atoms with Crippen LogP contribution in [0.15, 0.2) is 43.0 Å². The van der Waals surface area contributed by atoms with E-state index < -0.39 is 6.10 Å². The maximum absolute atomic E-state index is 10.3. The number of pyridine rings is 3.